The molecule has 1 aliphatic heterocycles. The molecule has 1 heterocycles. The highest BCUT2D eigenvalue weighted by molar-refractivity contribution is 7.80. The number of ether oxygens (including phenoxy) is 3. The monoisotopic (exact) mass is 430 g/mol. The summed E-state index contributed by atoms with van der Waals surface area (Å²) in [6, 6.07) is 11.2. The lowest BCUT2D eigenvalue weighted by Gasteiger charge is -2.12. The summed E-state index contributed by atoms with van der Waals surface area (Å²) < 4.78 is 28.7. The lowest BCUT2D eigenvalue weighted by atomic mass is 10.1. The first-order chi connectivity index (χ1) is 14.4. The van der Waals surface area contributed by atoms with Crippen LogP contribution in [0.15, 0.2) is 48.2 Å². The Bertz CT molecular complexity index is 1010. The number of esters is 1. The molecule has 0 unspecified atom stereocenters. The van der Waals surface area contributed by atoms with Crippen molar-refractivity contribution in [3.05, 3.63) is 65.1 Å². The first kappa shape index (κ1) is 21.3. The fourth-order valence-corrected chi connectivity index (χ4v) is 2.97. The third-order valence-electron chi connectivity index (χ3n) is 4.28. The van der Waals surface area contributed by atoms with Gasteiger partial charge in [0.25, 0.3) is 5.91 Å². The van der Waals surface area contributed by atoms with E-state index in [0.29, 0.717) is 17.1 Å². The first-order valence-corrected chi connectivity index (χ1v) is 9.28. The maximum absolute atomic E-state index is 13.0. The van der Waals surface area contributed by atoms with Gasteiger partial charge in [0.2, 0.25) is 0 Å². The highest BCUT2D eigenvalue weighted by atomic mass is 32.1. The number of carbonyl (C=O) groups is 2. The van der Waals surface area contributed by atoms with Crippen molar-refractivity contribution in [1.82, 2.24) is 10.2 Å². The van der Waals surface area contributed by atoms with E-state index in [0.717, 1.165) is 10.5 Å². The Morgan fingerprint density at radius 1 is 1.17 bits per heavy atom. The van der Waals surface area contributed by atoms with Crippen LogP contribution in [0.1, 0.15) is 11.1 Å². The molecule has 0 radical (unpaired) electrons. The Balaban J connectivity index is 1.74. The minimum absolute atomic E-state index is 0.128. The van der Waals surface area contributed by atoms with E-state index in [-0.39, 0.29) is 29.8 Å². The molecule has 1 aliphatic rings. The van der Waals surface area contributed by atoms with Crippen LogP contribution >= 0.6 is 12.2 Å². The van der Waals surface area contributed by atoms with E-state index in [1.807, 2.05) is 0 Å². The summed E-state index contributed by atoms with van der Waals surface area (Å²) in [5.74, 6) is -0.351. The minimum Gasteiger partial charge on any atom is -0.493 e. The number of nitrogens with zero attached hydrogens (tertiary/aromatic N) is 1. The fraction of sp³-hybridized carbons (Fsp3) is 0.190. The third kappa shape index (κ3) is 4.93. The van der Waals surface area contributed by atoms with Crippen LogP contribution in [0, 0.1) is 5.82 Å². The summed E-state index contributed by atoms with van der Waals surface area (Å²) in [6.07, 6.45) is 1.60. The third-order valence-corrected chi connectivity index (χ3v) is 4.61. The molecule has 1 amide bonds. The number of amides is 1. The first-order valence-electron chi connectivity index (χ1n) is 8.88. The zero-order valence-corrected chi connectivity index (χ0v) is 17.1. The number of halogens is 1. The van der Waals surface area contributed by atoms with E-state index >= 15 is 0 Å². The van der Waals surface area contributed by atoms with E-state index in [1.165, 1.54) is 26.4 Å². The van der Waals surface area contributed by atoms with Crippen LogP contribution in [0.3, 0.4) is 0 Å². The quantitative estimate of drug-likeness (QED) is 0.411. The van der Waals surface area contributed by atoms with Crippen molar-refractivity contribution in [2.75, 3.05) is 20.8 Å². The predicted octanol–water partition coefficient (Wildman–Crippen LogP) is 2.64. The Hall–Kier alpha value is -3.46. The molecule has 2 aromatic rings. The van der Waals surface area contributed by atoms with Crippen LogP contribution in [0.2, 0.25) is 0 Å². The van der Waals surface area contributed by atoms with Gasteiger partial charge in [-0.2, -0.15) is 0 Å². The number of benzene rings is 2. The van der Waals surface area contributed by atoms with Gasteiger partial charge in [0.15, 0.2) is 16.6 Å². The normalized spacial score (nSPS) is 14.6. The fourth-order valence-electron chi connectivity index (χ4n) is 2.71. The second-order valence-electron chi connectivity index (χ2n) is 6.28. The lowest BCUT2D eigenvalue weighted by molar-refractivity contribution is -0.143. The molecule has 0 aliphatic carbocycles. The molecule has 0 bridgehead atoms. The Labute approximate surface area is 178 Å². The smallest absolute Gasteiger partial charge is 0.325 e. The molecule has 0 saturated carbocycles. The molecule has 1 saturated heterocycles. The Kier molecular flexibility index (Phi) is 6.63. The van der Waals surface area contributed by atoms with Crippen LogP contribution in [0.4, 0.5) is 4.39 Å². The minimum atomic E-state index is -0.571. The number of rotatable bonds is 7. The number of thiocarbonyl (C=S) groups is 1. The zero-order chi connectivity index (χ0) is 21.7. The number of hydrogen-bond acceptors (Lipinski definition) is 6. The standard InChI is InChI=1S/C21H19FN2O5S/c1-27-18-10-14(5-8-17(18)29-12-13-3-6-15(22)7-4-13)9-16-20(26)24(21(30)23-16)11-19(25)28-2/h3-10H,11-12H2,1-2H3,(H,23,30)/b16-9-. The van der Waals surface area contributed by atoms with Crippen LogP contribution in [0.25, 0.3) is 6.08 Å². The Morgan fingerprint density at radius 2 is 1.90 bits per heavy atom. The summed E-state index contributed by atoms with van der Waals surface area (Å²) in [7, 11) is 2.74. The van der Waals surface area contributed by atoms with Crippen molar-refractivity contribution in [3.63, 3.8) is 0 Å². The van der Waals surface area contributed by atoms with Gasteiger partial charge in [0.05, 0.1) is 14.2 Å². The van der Waals surface area contributed by atoms with Gasteiger partial charge in [-0.1, -0.05) is 18.2 Å². The van der Waals surface area contributed by atoms with Crippen molar-refractivity contribution in [1.29, 1.82) is 0 Å². The maximum Gasteiger partial charge on any atom is 0.325 e. The van der Waals surface area contributed by atoms with Gasteiger partial charge < -0.3 is 19.5 Å². The molecule has 30 heavy (non-hydrogen) atoms. The molecule has 3 rings (SSSR count). The van der Waals surface area contributed by atoms with Gasteiger partial charge in [-0.05, 0) is 53.7 Å². The molecule has 7 nitrogen and oxygen atoms in total. The second kappa shape index (κ2) is 9.36. The van der Waals surface area contributed by atoms with Gasteiger partial charge in [0, 0.05) is 0 Å². The van der Waals surface area contributed by atoms with E-state index in [9.17, 15) is 14.0 Å². The molecule has 0 spiro atoms. The molecule has 1 N–H and O–H groups in total. The van der Waals surface area contributed by atoms with Crippen molar-refractivity contribution in [2.45, 2.75) is 6.61 Å². The van der Waals surface area contributed by atoms with Crippen LogP contribution in [0.5, 0.6) is 11.5 Å². The lowest BCUT2D eigenvalue weighted by Crippen LogP contribution is -2.35. The molecule has 0 atom stereocenters. The second-order valence-corrected chi connectivity index (χ2v) is 6.67. The topological polar surface area (TPSA) is 77.1 Å². The van der Waals surface area contributed by atoms with Gasteiger partial charge in [-0.25, -0.2) is 4.39 Å². The molecule has 1 fully saturated rings. The van der Waals surface area contributed by atoms with Crippen molar-refractivity contribution in [2.24, 2.45) is 0 Å². The van der Waals surface area contributed by atoms with Crippen molar-refractivity contribution >= 4 is 35.3 Å². The summed E-state index contributed by atoms with van der Waals surface area (Å²) >= 11 is 5.11. The molecular weight excluding hydrogens is 411 g/mol. The number of methoxy groups -OCH3 is 2. The summed E-state index contributed by atoms with van der Waals surface area (Å²) in [5.41, 5.74) is 1.70. The average Bonchev–Trinajstić information content (AvgIpc) is 3.00. The summed E-state index contributed by atoms with van der Waals surface area (Å²) in [4.78, 5) is 25.1. The number of carbonyl (C=O) groups excluding carboxylic acids is 2. The van der Waals surface area contributed by atoms with E-state index in [1.54, 1.807) is 36.4 Å². The predicted molar refractivity (Wildman–Crippen MR) is 111 cm³/mol. The molecule has 0 aromatic heterocycles. The number of hydrogen-bond donors (Lipinski definition) is 1. The van der Waals surface area contributed by atoms with Gasteiger partial charge in [0.1, 0.15) is 24.7 Å². The van der Waals surface area contributed by atoms with Crippen LogP contribution in [-0.4, -0.2) is 42.7 Å². The average molecular weight is 430 g/mol. The highest BCUT2D eigenvalue weighted by Gasteiger charge is 2.32. The highest BCUT2D eigenvalue weighted by Crippen LogP contribution is 2.30. The van der Waals surface area contributed by atoms with Crippen LogP contribution in [-0.2, 0) is 20.9 Å². The van der Waals surface area contributed by atoms with E-state index < -0.39 is 11.9 Å². The maximum atomic E-state index is 13.0. The van der Waals surface area contributed by atoms with E-state index in [2.05, 4.69) is 10.1 Å². The van der Waals surface area contributed by atoms with Crippen LogP contribution < -0.4 is 14.8 Å². The zero-order valence-electron chi connectivity index (χ0n) is 16.3. The summed E-state index contributed by atoms with van der Waals surface area (Å²) in [5, 5.41) is 2.92. The Morgan fingerprint density at radius 3 is 2.57 bits per heavy atom. The van der Waals surface area contributed by atoms with Gasteiger partial charge in [-0.3, -0.25) is 14.5 Å². The molecule has 9 heteroatoms. The van der Waals surface area contributed by atoms with Crippen molar-refractivity contribution in [3.8, 4) is 11.5 Å². The molecular formula is C21H19FN2O5S. The van der Waals surface area contributed by atoms with Crippen molar-refractivity contribution < 1.29 is 28.2 Å². The molecule has 2 aromatic carbocycles. The molecule has 156 valence electrons. The number of nitrogens with one attached hydrogen (secondary N) is 1. The SMILES string of the molecule is COC(=O)CN1C(=O)/C(=C/c2ccc(OCc3ccc(F)cc3)c(OC)c2)NC1=S. The van der Waals surface area contributed by atoms with Gasteiger partial charge in [-0.15, -0.1) is 0 Å². The van der Waals surface area contributed by atoms with Gasteiger partial charge >= 0.3 is 5.97 Å². The largest absolute Gasteiger partial charge is 0.493 e. The summed E-state index contributed by atoms with van der Waals surface area (Å²) in [6.45, 7) is -0.0220. The van der Waals surface area contributed by atoms with E-state index in [4.69, 9.17) is 21.7 Å².